The molecule has 1 aliphatic heterocycles. The second-order valence-corrected chi connectivity index (χ2v) is 5.99. The molecule has 0 bridgehead atoms. The summed E-state index contributed by atoms with van der Waals surface area (Å²) in [4.78, 5) is 27.6. The molecule has 0 spiro atoms. The van der Waals surface area contributed by atoms with Gasteiger partial charge in [0.25, 0.3) is 12.3 Å². The van der Waals surface area contributed by atoms with Gasteiger partial charge in [-0.25, -0.2) is 13.2 Å². The summed E-state index contributed by atoms with van der Waals surface area (Å²) in [6.45, 7) is 0.144. The zero-order chi connectivity index (χ0) is 18.7. The first-order valence-electron chi connectivity index (χ1n) is 8.05. The smallest absolute Gasteiger partial charge is 0.274 e. The van der Waals surface area contributed by atoms with Gasteiger partial charge in [-0.1, -0.05) is 12.1 Å². The van der Waals surface area contributed by atoms with E-state index in [1.807, 2.05) is 0 Å². The third-order valence-electron chi connectivity index (χ3n) is 4.05. The SMILES string of the molecule is O=C1CN(C(=O)c2ccn(CC(F)F)n2)CCN1Cc1cccc(F)c1. The number of carbonyl (C=O) groups excluding carboxylic acids is 2. The van der Waals surface area contributed by atoms with Gasteiger partial charge in [0.15, 0.2) is 0 Å². The molecule has 2 aromatic rings. The van der Waals surface area contributed by atoms with Gasteiger partial charge >= 0.3 is 0 Å². The minimum absolute atomic E-state index is 0.0250. The summed E-state index contributed by atoms with van der Waals surface area (Å²) in [6, 6.07) is 7.35. The van der Waals surface area contributed by atoms with E-state index in [1.54, 1.807) is 17.0 Å². The number of hydrogen-bond acceptors (Lipinski definition) is 3. The van der Waals surface area contributed by atoms with Crippen molar-refractivity contribution in [2.45, 2.75) is 19.5 Å². The molecule has 138 valence electrons. The van der Waals surface area contributed by atoms with Crippen LogP contribution in [-0.2, 0) is 17.9 Å². The lowest BCUT2D eigenvalue weighted by Crippen LogP contribution is -2.51. The van der Waals surface area contributed by atoms with Gasteiger partial charge in [-0.3, -0.25) is 14.3 Å². The Morgan fingerprint density at radius 1 is 1.23 bits per heavy atom. The quantitative estimate of drug-likeness (QED) is 0.811. The number of amides is 2. The first-order valence-corrected chi connectivity index (χ1v) is 8.05. The molecule has 1 saturated heterocycles. The molecule has 0 unspecified atom stereocenters. The second kappa shape index (κ2) is 7.59. The molecule has 1 aromatic heterocycles. The van der Waals surface area contributed by atoms with Crippen LogP contribution in [0.3, 0.4) is 0 Å². The number of piperazine rings is 1. The van der Waals surface area contributed by atoms with E-state index in [2.05, 4.69) is 5.10 Å². The average molecular weight is 366 g/mol. The highest BCUT2D eigenvalue weighted by atomic mass is 19.3. The van der Waals surface area contributed by atoms with E-state index >= 15 is 0 Å². The van der Waals surface area contributed by atoms with E-state index in [-0.39, 0.29) is 30.5 Å². The maximum Gasteiger partial charge on any atom is 0.274 e. The van der Waals surface area contributed by atoms with Crippen molar-refractivity contribution >= 4 is 11.8 Å². The predicted molar refractivity (Wildman–Crippen MR) is 86.0 cm³/mol. The Morgan fingerprint density at radius 3 is 2.73 bits per heavy atom. The monoisotopic (exact) mass is 366 g/mol. The first-order chi connectivity index (χ1) is 12.4. The van der Waals surface area contributed by atoms with Crippen LogP contribution in [0.5, 0.6) is 0 Å². The summed E-state index contributed by atoms with van der Waals surface area (Å²) < 4.78 is 39.0. The van der Waals surface area contributed by atoms with E-state index in [0.717, 1.165) is 4.68 Å². The third kappa shape index (κ3) is 4.22. The highest BCUT2D eigenvalue weighted by molar-refractivity contribution is 5.95. The maximum atomic E-state index is 13.2. The molecule has 2 heterocycles. The molecule has 0 atom stereocenters. The van der Waals surface area contributed by atoms with E-state index in [9.17, 15) is 22.8 Å². The molecule has 3 rings (SSSR count). The van der Waals surface area contributed by atoms with E-state index in [4.69, 9.17) is 0 Å². The lowest BCUT2D eigenvalue weighted by atomic mass is 10.2. The maximum absolute atomic E-state index is 13.2. The van der Waals surface area contributed by atoms with Gasteiger partial charge in [-0.05, 0) is 23.8 Å². The lowest BCUT2D eigenvalue weighted by molar-refractivity contribution is -0.135. The van der Waals surface area contributed by atoms with Gasteiger partial charge in [0.2, 0.25) is 5.91 Å². The van der Waals surface area contributed by atoms with Crippen molar-refractivity contribution in [1.82, 2.24) is 19.6 Å². The molecule has 6 nitrogen and oxygen atoms in total. The Bertz CT molecular complexity index is 809. The summed E-state index contributed by atoms with van der Waals surface area (Å²) in [7, 11) is 0. The highest BCUT2D eigenvalue weighted by Gasteiger charge is 2.28. The van der Waals surface area contributed by atoms with Gasteiger partial charge in [0.1, 0.15) is 24.6 Å². The Hall–Kier alpha value is -2.84. The number of carbonyl (C=O) groups is 2. The number of hydrogen-bond donors (Lipinski definition) is 0. The summed E-state index contributed by atoms with van der Waals surface area (Å²) >= 11 is 0. The normalized spacial score (nSPS) is 15.0. The number of aromatic nitrogens is 2. The summed E-state index contributed by atoms with van der Waals surface area (Å²) in [5.41, 5.74) is 0.695. The van der Waals surface area contributed by atoms with Crippen LogP contribution in [0.25, 0.3) is 0 Å². The fraction of sp³-hybridized carbons (Fsp3) is 0.353. The molecule has 0 radical (unpaired) electrons. The standard InChI is InChI=1S/C17H17F3N4O2/c18-13-3-1-2-12(8-13)9-22-6-7-23(11-16(22)25)17(26)14-4-5-24(21-14)10-15(19)20/h1-5,8,15H,6-7,9-11H2. The fourth-order valence-corrected chi connectivity index (χ4v) is 2.79. The van der Waals surface area contributed by atoms with Gasteiger partial charge in [-0.2, -0.15) is 5.10 Å². The van der Waals surface area contributed by atoms with Crippen molar-refractivity contribution in [3.8, 4) is 0 Å². The van der Waals surface area contributed by atoms with Crippen LogP contribution < -0.4 is 0 Å². The molecule has 1 fully saturated rings. The Labute approximate surface area is 147 Å². The molecule has 9 heteroatoms. The Kier molecular flexibility index (Phi) is 5.24. The van der Waals surface area contributed by atoms with Crippen LogP contribution in [0.2, 0.25) is 0 Å². The molecule has 1 aromatic carbocycles. The van der Waals surface area contributed by atoms with Crippen molar-refractivity contribution in [3.05, 3.63) is 53.6 Å². The van der Waals surface area contributed by atoms with Gasteiger partial charge < -0.3 is 9.80 Å². The van der Waals surface area contributed by atoms with E-state index in [1.165, 1.54) is 29.3 Å². The third-order valence-corrected chi connectivity index (χ3v) is 4.05. The van der Waals surface area contributed by atoms with Crippen LogP contribution in [0.4, 0.5) is 13.2 Å². The Balaban J connectivity index is 1.60. The molecule has 0 saturated carbocycles. The average Bonchev–Trinajstić information content (AvgIpc) is 3.04. The van der Waals surface area contributed by atoms with Gasteiger partial charge in [0, 0.05) is 25.8 Å². The molecule has 26 heavy (non-hydrogen) atoms. The molecular formula is C17H17F3N4O2. The summed E-state index contributed by atoms with van der Waals surface area (Å²) in [5.74, 6) is -1.11. The van der Waals surface area contributed by atoms with Crippen LogP contribution >= 0.6 is 0 Å². The minimum atomic E-state index is -2.56. The topological polar surface area (TPSA) is 58.4 Å². The van der Waals surface area contributed by atoms with E-state index in [0.29, 0.717) is 18.7 Å². The Morgan fingerprint density at radius 2 is 2.04 bits per heavy atom. The number of benzene rings is 1. The summed E-state index contributed by atoms with van der Waals surface area (Å²) in [6.07, 6.45) is -1.26. The number of alkyl halides is 2. The number of nitrogens with zero attached hydrogens (tertiary/aromatic N) is 4. The van der Waals surface area contributed by atoms with E-state index < -0.39 is 18.9 Å². The minimum Gasteiger partial charge on any atom is -0.335 e. The molecule has 0 aliphatic carbocycles. The largest absolute Gasteiger partial charge is 0.335 e. The zero-order valence-corrected chi connectivity index (χ0v) is 13.8. The summed E-state index contributed by atoms with van der Waals surface area (Å²) in [5, 5.41) is 3.83. The predicted octanol–water partition coefficient (Wildman–Crippen LogP) is 1.77. The number of rotatable bonds is 5. The van der Waals surface area contributed by atoms with Crippen LogP contribution in [0.15, 0.2) is 36.5 Å². The van der Waals surface area contributed by atoms with Crippen LogP contribution in [0.1, 0.15) is 16.1 Å². The highest BCUT2D eigenvalue weighted by Crippen LogP contribution is 2.13. The van der Waals surface area contributed by atoms with Crippen molar-refractivity contribution in [1.29, 1.82) is 0 Å². The first kappa shape index (κ1) is 18.0. The van der Waals surface area contributed by atoms with Crippen LogP contribution in [-0.4, -0.2) is 57.5 Å². The molecular weight excluding hydrogens is 349 g/mol. The molecule has 2 amide bonds. The molecule has 1 aliphatic rings. The van der Waals surface area contributed by atoms with Crippen molar-refractivity contribution in [2.24, 2.45) is 0 Å². The second-order valence-electron chi connectivity index (χ2n) is 5.99. The number of halogens is 3. The van der Waals surface area contributed by atoms with Gasteiger partial charge in [0.05, 0.1) is 0 Å². The van der Waals surface area contributed by atoms with Gasteiger partial charge in [-0.15, -0.1) is 0 Å². The van der Waals surface area contributed by atoms with Crippen LogP contribution in [0, 0.1) is 5.82 Å². The molecule has 0 N–H and O–H groups in total. The fourth-order valence-electron chi connectivity index (χ4n) is 2.79. The van der Waals surface area contributed by atoms with Crippen molar-refractivity contribution in [2.75, 3.05) is 19.6 Å². The lowest BCUT2D eigenvalue weighted by Gasteiger charge is -2.34. The van der Waals surface area contributed by atoms with Crippen molar-refractivity contribution < 1.29 is 22.8 Å². The van der Waals surface area contributed by atoms with Crippen molar-refractivity contribution in [3.63, 3.8) is 0 Å². The zero-order valence-electron chi connectivity index (χ0n) is 13.8.